The van der Waals surface area contributed by atoms with Gasteiger partial charge in [-0.3, -0.25) is 9.59 Å². The zero-order valence-electron chi connectivity index (χ0n) is 16.0. The minimum atomic E-state index is -0.571. The topological polar surface area (TPSA) is 101 Å². The number of hydrogen-bond acceptors (Lipinski definition) is 4. The van der Waals surface area contributed by atoms with E-state index in [0.717, 1.165) is 0 Å². The highest BCUT2D eigenvalue weighted by Gasteiger charge is 2.29. The Morgan fingerprint density at radius 1 is 1.00 bits per heavy atom. The number of rotatable bonds is 12. The van der Waals surface area contributed by atoms with E-state index in [1.54, 1.807) is 0 Å². The van der Waals surface area contributed by atoms with Crippen molar-refractivity contribution >= 4 is 17.6 Å². The fraction of sp³-hybridized carbons (Fsp3) is 0.833. The van der Waals surface area contributed by atoms with E-state index < -0.39 is 6.03 Å². The second kappa shape index (κ2) is 11.2. The molecule has 140 valence electrons. The number of nitrogens with one attached hydrogen (secondary N) is 2. The van der Waals surface area contributed by atoms with Crippen LogP contribution in [0, 0.1) is 17.8 Å². The van der Waals surface area contributed by atoms with E-state index in [4.69, 9.17) is 5.73 Å². The number of Topliss-reactive ketones (excluding diaryl/α,β-unsaturated/α-hetero) is 2. The highest BCUT2D eigenvalue weighted by Crippen LogP contribution is 2.20. The molecule has 0 heterocycles. The lowest BCUT2D eigenvalue weighted by molar-refractivity contribution is -0.131. The minimum Gasteiger partial charge on any atom is -0.352 e. The summed E-state index contributed by atoms with van der Waals surface area (Å²) in [5.41, 5.74) is 5.04. The first kappa shape index (κ1) is 22.6. The third-order valence-electron chi connectivity index (χ3n) is 3.97. The lowest BCUT2D eigenvalue weighted by Crippen LogP contribution is -2.45. The molecule has 0 aromatic carbocycles. The van der Waals surface area contributed by atoms with Gasteiger partial charge in [-0.05, 0) is 18.8 Å². The maximum atomic E-state index is 12.7. The molecule has 0 aliphatic carbocycles. The van der Waals surface area contributed by atoms with Crippen LogP contribution in [0.1, 0.15) is 60.8 Å². The van der Waals surface area contributed by atoms with Crippen LogP contribution in [0.5, 0.6) is 0 Å². The van der Waals surface area contributed by atoms with Crippen LogP contribution in [0.25, 0.3) is 0 Å². The molecule has 0 bridgehead atoms. The normalized spacial score (nSPS) is 14.0. The van der Waals surface area contributed by atoms with Gasteiger partial charge in [-0.25, -0.2) is 4.79 Å². The third-order valence-corrected chi connectivity index (χ3v) is 3.97. The Bertz CT molecular complexity index is 420. The maximum Gasteiger partial charge on any atom is 0.312 e. The van der Waals surface area contributed by atoms with Crippen LogP contribution in [0.3, 0.4) is 0 Å². The summed E-state index contributed by atoms with van der Waals surface area (Å²) in [7, 11) is 0. The SMILES string of the molecule is CC(C)N[C@@H](C(=O)C[C@@H](CCCNC(N)=O)C(=O)C(C)C)C(C)C. The van der Waals surface area contributed by atoms with Crippen LogP contribution < -0.4 is 16.4 Å². The van der Waals surface area contributed by atoms with Gasteiger partial charge in [0.25, 0.3) is 0 Å². The summed E-state index contributed by atoms with van der Waals surface area (Å²) in [5.74, 6) is -0.0499. The van der Waals surface area contributed by atoms with Gasteiger partial charge in [0.15, 0.2) is 5.78 Å². The predicted octanol–water partition coefficient (Wildman–Crippen LogP) is 2.26. The zero-order chi connectivity index (χ0) is 18.9. The Kier molecular flexibility index (Phi) is 10.5. The third kappa shape index (κ3) is 9.01. The Labute approximate surface area is 146 Å². The standard InChI is InChI=1S/C18H35N3O3/c1-11(2)16(21-13(5)6)15(22)10-14(17(23)12(3)4)8-7-9-20-18(19)24/h11-14,16,21H,7-10H2,1-6H3,(H3,19,20,24)/t14-,16-/m1/s1. The van der Waals surface area contributed by atoms with Crippen molar-refractivity contribution in [3.63, 3.8) is 0 Å². The molecule has 0 unspecified atom stereocenters. The molecule has 2 amide bonds. The second-order valence-electron chi connectivity index (χ2n) is 7.40. The van der Waals surface area contributed by atoms with E-state index in [1.165, 1.54) is 0 Å². The Hall–Kier alpha value is -1.43. The molecule has 0 aliphatic heterocycles. The summed E-state index contributed by atoms with van der Waals surface area (Å²) in [6.45, 7) is 12.2. The van der Waals surface area contributed by atoms with Gasteiger partial charge in [-0.15, -0.1) is 0 Å². The van der Waals surface area contributed by atoms with Crippen molar-refractivity contribution in [1.29, 1.82) is 0 Å². The molecule has 6 nitrogen and oxygen atoms in total. The zero-order valence-corrected chi connectivity index (χ0v) is 16.0. The highest BCUT2D eigenvalue weighted by atomic mass is 16.2. The molecule has 0 rings (SSSR count). The Balaban J connectivity index is 4.85. The van der Waals surface area contributed by atoms with Gasteiger partial charge < -0.3 is 16.4 Å². The van der Waals surface area contributed by atoms with Gasteiger partial charge >= 0.3 is 6.03 Å². The lowest BCUT2D eigenvalue weighted by atomic mass is 9.84. The lowest BCUT2D eigenvalue weighted by Gasteiger charge is -2.26. The van der Waals surface area contributed by atoms with Crippen molar-refractivity contribution in [2.75, 3.05) is 6.54 Å². The average Bonchev–Trinajstić information content (AvgIpc) is 2.45. The van der Waals surface area contributed by atoms with Gasteiger partial charge in [0.1, 0.15) is 5.78 Å². The van der Waals surface area contributed by atoms with E-state index in [0.29, 0.717) is 19.4 Å². The van der Waals surface area contributed by atoms with Crippen molar-refractivity contribution in [1.82, 2.24) is 10.6 Å². The first-order chi connectivity index (χ1) is 11.1. The summed E-state index contributed by atoms with van der Waals surface area (Å²) < 4.78 is 0. The highest BCUT2D eigenvalue weighted by molar-refractivity contribution is 5.91. The van der Waals surface area contributed by atoms with Crippen LogP contribution in [0.2, 0.25) is 0 Å². The number of nitrogens with two attached hydrogens (primary N) is 1. The summed E-state index contributed by atoms with van der Waals surface area (Å²) in [6, 6.07) is -0.601. The second-order valence-corrected chi connectivity index (χ2v) is 7.40. The molecular formula is C18H35N3O3. The Morgan fingerprint density at radius 3 is 2.00 bits per heavy atom. The van der Waals surface area contributed by atoms with Crippen LogP contribution in [0.4, 0.5) is 4.79 Å². The van der Waals surface area contributed by atoms with E-state index in [-0.39, 0.29) is 47.8 Å². The molecular weight excluding hydrogens is 306 g/mol. The summed E-state index contributed by atoms with van der Waals surface area (Å²) in [6.07, 6.45) is 1.45. The summed E-state index contributed by atoms with van der Waals surface area (Å²) >= 11 is 0. The van der Waals surface area contributed by atoms with Gasteiger partial charge in [0.2, 0.25) is 0 Å². The number of hydrogen-bond donors (Lipinski definition) is 3. The minimum absolute atomic E-state index is 0.0839. The van der Waals surface area contributed by atoms with E-state index in [9.17, 15) is 14.4 Å². The predicted molar refractivity (Wildman–Crippen MR) is 96.7 cm³/mol. The molecule has 0 aromatic heterocycles. The summed E-state index contributed by atoms with van der Waals surface area (Å²) in [4.78, 5) is 35.8. The molecule has 2 atom stereocenters. The first-order valence-corrected chi connectivity index (χ1v) is 8.92. The van der Waals surface area contributed by atoms with E-state index in [2.05, 4.69) is 10.6 Å². The first-order valence-electron chi connectivity index (χ1n) is 8.92. The molecule has 0 aromatic rings. The van der Waals surface area contributed by atoms with Crippen molar-refractivity contribution < 1.29 is 14.4 Å². The van der Waals surface area contributed by atoms with Crippen LogP contribution in [-0.4, -0.2) is 36.2 Å². The smallest absolute Gasteiger partial charge is 0.312 e. The van der Waals surface area contributed by atoms with E-state index >= 15 is 0 Å². The number of carbonyl (C=O) groups is 3. The van der Waals surface area contributed by atoms with Crippen LogP contribution in [0.15, 0.2) is 0 Å². The van der Waals surface area contributed by atoms with Crippen molar-refractivity contribution in [2.45, 2.75) is 72.9 Å². The quantitative estimate of drug-likeness (QED) is 0.474. The maximum absolute atomic E-state index is 12.7. The fourth-order valence-electron chi connectivity index (χ4n) is 2.76. The molecule has 0 aliphatic rings. The number of carbonyl (C=O) groups excluding carboxylic acids is 3. The molecule has 0 saturated carbocycles. The van der Waals surface area contributed by atoms with Gasteiger partial charge in [-0.1, -0.05) is 41.5 Å². The fourth-order valence-corrected chi connectivity index (χ4v) is 2.76. The molecule has 0 fully saturated rings. The molecule has 4 N–H and O–H groups in total. The number of urea groups is 1. The van der Waals surface area contributed by atoms with Crippen LogP contribution >= 0.6 is 0 Å². The number of amides is 2. The molecule has 6 heteroatoms. The number of ketones is 2. The van der Waals surface area contributed by atoms with Crippen LogP contribution in [-0.2, 0) is 9.59 Å². The summed E-state index contributed by atoms with van der Waals surface area (Å²) in [5, 5.41) is 5.82. The Morgan fingerprint density at radius 2 is 1.58 bits per heavy atom. The average molecular weight is 341 g/mol. The van der Waals surface area contributed by atoms with Gasteiger partial charge in [-0.2, -0.15) is 0 Å². The molecule has 0 saturated heterocycles. The van der Waals surface area contributed by atoms with Gasteiger partial charge in [0, 0.05) is 30.8 Å². The van der Waals surface area contributed by atoms with Gasteiger partial charge in [0.05, 0.1) is 6.04 Å². The van der Waals surface area contributed by atoms with Crippen molar-refractivity contribution in [3.05, 3.63) is 0 Å². The monoisotopic (exact) mass is 341 g/mol. The van der Waals surface area contributed by atoms with Crippen molar-refractivity contribution in [2.24, 2.45) is 23.5 Å². The molecule has 0 radical (unpaired) electrons. The molecule has 0 spiro atoms. The van der Waals surface area contributed by atoms with E-state index in [1.807, 2.05) is 41.5 Å². The number of primary amides is 1. The largest absolute Gasteiger partial charge is 0.352 e. The molecule has 24 heavy (non-hydrogen) atoms. The van der Waals surface area contributed by atoms with Crippen molar-refractivity contribution in [3.8, 4) is 0 Å².